The zero-order chi connectivity index (χ0) is 49.7. The van der Waals surface area contributed by atoms with Gasteiger partial charge < -0.3 is 40.2 Å². The van der Waals surface area contributed by atoms with E-state index >= 15 is 0 Å². The number of nitrogens with zero attached hydrogens (tertiary/aromatic N) is 2. The molecule has 0 radical (unpaired) electrons. The number of aryl methyl sites for hydroxylation is 4. The van der Waals surface area contributed by atoms with E-state index in [9.17, 15) is 40.2 Å². The SMILES string of the molecule is CCCCCCC(=Nc1ccccc1)C(C)=Nc1cc(CC)cc(CC)c1.CCCCCc1c(CCCC)cc(O)c(O)c1C(=O)[O-].CCCCCc1c(CCCC)cc(O)c(O)c1C(=O)[O-].[Pd+2]. The molecular weight excluding hydrogens is 947 g/mol. The molecule has 4 N–H and O–H groups in total. The Balaban J connectivity index is 0.000000516. The number of aromatic carboxylic acids is 2. The number of aliphatic imine (C=N–C) groups is 2. The third-order valence-corrected chi connectivity index (χ3v) is 11.9. The Morgan fingerprint density at radius 3 is 1.32 bits per heavy atom. The number of aromatic hydroxyl groups is 4. The Labute approximate surface area is 421 Å². The standard InChI is InChI=1S/C25H34N2.2C16H24O4.Pd/c1-5-8-9-13-16-25(27-23-14-11-10-12-15-23)20(4)26-24-18-21(6-2)17-22(7-3)19-24;2*1-3-5-7-9-12-11(8-6-4-2)10-13(17)15(18)14(12)16(19)20;/h10-12,14-15,17-19H,5-9,13,16H2,1-4H3;2*10,17-18H,3-9H2,1-2H3,(H,19,20);/q;;;+2/p-2. The first-order chi connectivity index (χ1) is 32.2. The molecule has 0 aliphatic rings. The summed E-state index contributed by atoms with van der Waals surface area (Å²) >= 11 is 0. The number of hydrogen-bond donors (Lipinski definition) is 4. The van der Waals surface area contributed by atoms with Gasteiger partial charge in [0.05, 0.1) is 34.7 Å². The number of carboxylic acids is 2. The van der Waals surface area contributed by atoms with Gasteiger partial charge in [0.15, 0.2) is 23.0 Å². The van der Waals surface area contributed by atoms with Crippen molar-refractivity contribution in [2.24, 2.45) is 9.98 Å². The predicted molar refractivity (Wildman–Crippen MR) is 272 cm³/mol. The topological polar surface area (TPSA) is 186 Å². The minimum absolute atomic E-state index is 0. The normalized spacial score (nSPS) is 11.2. The monoisotopic (exact) mass is 1030 g/mol. The number of hydrogen-bond acceptors (Lipinski definition) is 10. The van der Waals surface area contributed by atoms with Crippen molar-refractivity contribution in [1.29, 1.82) is 0 Å². The average Bonchev–Trinajstić information content (AvgIpc) is 3.31. The van der Waals surface area contributed by atoms with E-state index in [-0.39, 0.29) is 43.0 Å². The van der Waals surface area contributed by atoms with Gasteiger partial charge in [-0.1, -0.05) is 131 Å². The first-order valence-electron chi connectivity index (χ1n) is 25.1. The fourth-order valence-electron chi connectivity index (χ4n) is 7.97. The van der Waals surface area contributed by atoms with Crippen molar-refractivity contribution in [1.82, 2.24) is 0 Å². The van der Waals surface area contributed by atoms with E-state index in [1.165, 1.54) is 48.9 Å². The summed E-state index contributed by atoms with van der Waals surface area (Å²) in [7, 11) is 0. The maximum absolute atomic E-state index is 11.3. The molecular formula is C57H80N2O8Pd. The van der Waals surface area contributed by atoms with Gasteiger partial charge in [-0.05, 0) is 154 Å². The first kappa shape index (κ1) is 61.0. The average molecular weight is 1030 g/mol. The van der Waals surface area contributed by atoms with Gasteiger partial charge in [-0.25, -0.2) is 0 Å². The van der Waals surface area contributed by atoms with Gasteiger partial charge >= 0.3 is 20.4 Å². The number of carbonyl (C=O) groups excluding carboxylic acids is 2. The van der Waals surface area contributed by atoms with E-state index in [2.05, 4.69) is 85.7 Å². The van der Waals surface area contributed by atoms with Crippen LogP contribution in [0.3, 0.4) is 0 Å². The van der Waals surface area contributed by atoms with Crippen molar-refractivity contribution in [3.8, 4) is 23.0 Å². The Hall–Kier alpha value is -4.98. The Morgan fingerprint density at radius 2 is 0.926 bits per heavy atom. The van der Waals surface area contributed by atoms with Gasteiger partial charge in [0.25, 0.3) is 0 Å². The Kier molecular flexibility index (Phi) is 30.8. The third-order valence-electron chi connectivity index (χ3n) is 11.9. The Bertz CT molecular complexity index is 2070. The predicted octanol–water partition coefficient (Wildman–Crippen LogP) is 12.7. The largest absolute Gasteiger partial charge is 2.00 e. The van der Waals surface area contributed by atoms with Crippen LogP contribution < -0.4 is 10.2 Å². The van der Waals surface area contributed by atoms with Crippen LogP contribution in [0.2, 0.25) is 0 Å². The van der Waals surface area contributed by atoms with Crippen LogP contribution in [0.5, 0.6) is 23.0 Å². The summed E-state index contributed by atoms with van der Waals surface area (Å²) in [5.41, 5.74) is 9.25. The van der Waals surface area contributed by atoms with Crippen molar-refractivity contribution >= 4 is 34.7 Å². The molecule has 0 bridgehead atoms. The van der Waals surface area contributed by atoms with Crippen molar-refractivity contribution < 1.29 is 60.7 Å². The van der Waals surface area contributed by atoms with Gasteiger partial charge in [-0.15, -0.1) is 0 Å². The number of benzene rings is 4. The van der Waals surface area contributed by atoms with E-state index in [1.54, 1.807) is 0 Å². The van der Waals surface area contributed by atoms with Gasteiger partial charge in [0.2, 0.25) is 0 Å². The number of unbranched alkanes of at least 4 members (excludes halogenated alkanes) is 9. The summed E-state index contributed by atoms with van der Waals surface area (Å²) in [5, 5.41) is 61.5. The number of carbonyl (C=O) groups is 2. The maximum atomic E-state index is 11.3. The molecule has 4 aromatic rings. The number of rotatable bonds is 26. The number of phenols is 4. The fraction of sp³-hybridized carbons (Fsp3) is 0.509. The zero-order valence-electron chi connectivity index (χ0n) is 42.3. The summed E-state index contributed by atoms with van der Waals surface area (Å²) in [4.78, 5) is 32.4. The molecule has 0 fully saturated rings. The second kappa shape index (κ2) is 34.3. The molecule has 4 rings (SSSR count). The van der Waals surface area contributed by atoms with Gasteiger partial charge in [0, 0.05) is 11.1 Å². The van der Waals surface area contributed by atoms with Crippen LogP contribution in [0.25, 0.3) is 0 Å². The molecule has 0 heterocycles. The molecule has 10 nitrogen and oxygen atoms in total. The molecule has 0 aliphatic carbocycles. The Morgan fingerprint density at radius 1 is 0.500 bits per heavy atom. The molecule has 0 saturated carbocycles. The van der Waals surface area contributed by atoms with Gasteiger partial charge in [-0.2, -0.15) is 0 Å². The number of carboxylic acid groups (broad SMARTS) is 2. The van der Waals surface area contributed by atoms with E-state index in [0.29, 0.717) is 36.8 Å². The maximum Gasteiger partial charge on any atom is 2.00 e. The molecule has 376 valence electrons. The van der Waals surface area contributed by atoms with Crippen LogP contribution in [0, 0.1) is 0 Å². The van der Waals surface area contributed by atoms with Gasteiger partial charge in [-0.3, -0.25) is 9.98 Å². The zero-order valence-corrected chi connectivity index (χ0v) is 43.8. The fourth-order valence-corrected chi connectivity index (χ4v) is 7.97. The van der Waals surface area contributed by atoms with Crippen molar-refractivity contribution in [2.75, 3.05) is 0 Å². The van der Waals surface area contributed by atoms with Crippen LogP contribution in [0.1, 0.15) is 206 Å². The van der Waals surface area contributed by atoms with Crippen LogP contribution in [-0.2, 0) is 58.9 Å². The van der Waals surface area contributed by atoms with Crippen LogP contribution in [-0.4, -0.2) is 43.8 Å². The number of para-hydroxylation sites is 1. The smallest absolute Gasteiger partial charge is 0.545 e. The molecule has 0 spiro atoms. The minimum atomic E-state index is -1.43. The van der Waals surface area contributed by atoms with Crippen LogP contribution >= 0.6 is 0 Å². The molecule has 0 aliphatic heterocycles. The van der Waals surface area contributed by atoms with E-state index < -0.39 is 23.4 Å². The van der Waals surface area contributed by atoms with Crippen LogP contribution in [0.15, 0.2) is 70.6 Å². The second-order valence-electron chi connectivity index (χ2n) is 17.3. The molecule has 0 unspecified atom stereocenters. The van der Waals surface area contributed by atoms with Gasteiger partial charge in [0.1, 0.15) is 0 Å². The minimum Gasteiger partial charge on any atom is -0.545 e. The van der Waals surface area contributed by atoms with E-state index in [1.807, 2.05) is 18.2 Å². The summed E-state index contributed by atoms with van der Waals surface area (Å²) in [6, 6.07) is 19.9. The molecule has 0 saturated heterocycles. The molecule has 11 heteroatoms. The summed E-state index contributed by atoms with van der Waals surface area (Å²) in [6.45, 7) is 17.0. The summed E-state index contributed by atoms with van der Waals surface area (Å²) < 4.78 is 0. The molecule has 0 atom stereocenters. The molecule has 0 amide bonds. The third kappa shape index (κ3) is 20.7. The van der Waals surface area contributed by atoms with E-state index in [0.717, 1.165) is 117 Å². The first-order valence-corrected chi connectivity index (χ1v) is 25.1. The molecule has 68 heavy (non-hydrogen) atoms. The van der Waals surface area contributed by atoms with Crippen molar-refractivity contribution in [3.63, 3.8) is 0 Å². The van der Waals surface area contributed by atoms with E-state index in [4.69, 9.17) is 9.98 Å². The van der Waals surface area contributed by atoms with Crippen molar-refractivity contribution in [3.05, 3.63) is 105 Å². The molecule has 4 aromatic carbocycles. The molecule has 0 aromatic heterocycles. The quantitative estimate of drug-likeness (QED) is 0.0207. The number of phenolic OH excluding ortho intramolecular Hbond substituents is 2. The van der Waals surface area contributed by atoms with Crippen LogP contribution in [0.4, 0.5) is 11.4 Å². The summed E-state index contributed by atoms with van der Waals surface area (Å²) in [6.07, 6.45) is 20.2. The second-order valence-corrected chi connectivity index (χ2v) is 17.3. The van der Waals surface area contributed by atoms with Crippen molar-refractivity contribution in [2.45, 2.75) is 190 Å². The summed E-state index contributed by atoms with van der Waals surface area (Å²) in [5.74, 6) is -4.76.